The molecule has 0 aliphatic rings. The van der Waals surface area contributed by atoms with E-state index in [1.54, 1.807) is 24.4 Å². The van der Waals surface area contributed by atoms with E-state index in [0.29, 0.717) is 11.1 Å². The van der Waals surface area contributed by atoms with Crippen molar-refractivity contribution < 1.29 is 34.2 Å². The lowest BCUT2D eigenvalue weighted by molar-refractivity contribution is -0.142. The summed E-state index contributed by atoms with van der Waals surface area (Å²) in [5, 5.41) is 27.4. The van der Waals surface area contributed by atoms with E-state index in [9.17, 15) is 34.2 Å². The van der Waals surface area contributed by atoms with Crippen LogP contribution in [0.3, 0.4) is 0 Å². The number of amides is 4. The summed E-state index contributed by atoms with van der Waals surface area (Å²) >= 11 is 4.13. The zero-order valence-corrected chi connectivity index (χ0v) is 23.5. The summed E-state index contributed by atoms with van der Waals surface area (Å²) < 4.78 is 0. The van der Waals surface area contributed by atoms with Crippen LogP contribution in [0.4, 0.5) is 0 Å². The van der Waals surface area contributed by atoms with E-state index >= 15 is 0 Å². The Morgan fingerprint density at radius 1 is 0.857 bits per heavy atom. The molecule has 0 saturated heterocycles. The number of H-pyrrole nitrogens is 1. The van der Waals surface area contributed by atoms with Crippen LogP contribution in [-0.4, -0.2) is 74.7 Å². The first kappa shape index (κ1) is 32.0. The van der Waals surface area contributed by atoms with Crippen LogP contribution >= 0.6 is 12.6 Å². The van der Waals surface area contributed by atoms with Crippen LogP contribution in [0.1, 0.15) is 24.0 Å². The first-order chi connectivity index (χ1) is 20.0. The standard InChI is InChI=1S/C28H34N6O7S/c29-19(11-15-5-7-17(35)8-6-15)25(37)34-23(14-42)27(39)32-21(9-10-24(30)36)26(38)33-22(28(40)41)12-16-13-31-20-4-2-1-3-18(16)20/h1-8,13,19,21-23,31,35,42H,9-12,14,29H2,(H2,30,36)(H,32,39)(H,33,38)(H,34,37)(H,40,41). The summed E-state index contributed by atoms with van der Waals surface area (Å²) in [7, 11) is 0. The molecule has 14 heteroatoms. The number of aliphatic carboxylic acids is 1. The van der Waals surface area contributed by atoms with Gasteiger partial charge in [-0.2, -0.15) is 12.6 Å². The van der Waals surface area contributed by atoms with Gasteiger partial charge in [-0.1, -0.05) is 30.3 Å². The Hall–Kier alpha value is -4.56. The monoisotopic (exact) mass is 598 g/mol. The summed E-state index contributed by atoms with van der Waals surface area (Å²) in [6.07, 6.45) is 1.26. The molecule has 0 saturated carbocycles. The number of hydrogen-bond donors (Lipinski definition) is 9. The van der Waals surface area contributed by atoms with Gasteiger partial charge in [0.2, 0.25) is 23.6 Å². The third-order valence-electron chi connectivity index (χ3n) is 6.57. The Balaban J connectivity index is 1.67. The van der Waals surface area contributed by atoms with Crippen molar-refractivity contribution in [1.82, 2.24) is 20.9 Å². The van der Waals surface area contributed by atoms with Crippen molar-refractivity contribution in [3.05, 3.63) is 65.9 Å². The van der Waals surface area contributed by atoms with Gasteiger partial charge in [-0.15, -0.1) is 0 Å². The van der Waals surface area contributed by atoms with Crippen LogP contribution in [0.5, 0.6) is 5.75 Å². The molecule has 4 unspecified atom stereocenters. The molecule has 0 fully saturated rings. The second-order valence-electron chi connectivity index (χ2n) is 9.75. The van der Waals surface area contributed by atoms with E-state index < -0.39 is 53.8 Å². The zero-order valence-electron chi connectivity index (χ0n) is 22.6. The number of aromatic amines is 1. The highest BCUT2D eigenvalue weighted by Crippen LogP contribution is 2.19. The predicted octanol–water partition coefficient (Wildman–Crippen LogP) is -0.280. The third-order valence-corrected chi connectivity index (χ3v) is 6.94. The third kappa shape index (κ3) is 8.97. The average Bonchev–Trinajstić information content (AvgIpc) is 3.36. The normalized spacial score (nSPS) is 13.9. The second kappa shape index (κ2) is 14.9. The second-order valence-corrected chi connectivity index (χ2v) is 10.1. The number of primary amides is 1. The smallest absolute Gasteiger partial charge is 0.326 e. The fourth-order valence-electron chi connectivity index (χ4n) is 4.27. The Morgan fingerprint density at radius 2 is 1.48 bits per heavy atom. The Bertz CT molecular complexity index is 1430. The van der Waals surface area contributed by atoms with Gasteiger partial charge in [0.1, 0.15) is 23.9 Å². The van der Waals surface area contributed by atoms with E-state index in [2.05, 4.69) is 33.6 Å². The van der Waals surface area contributed by atoms with Gasteiger partial charge in [0.15, 0.2) is 0 Å². The van der Waals surface area contributed by atoms with Crippen molar-refractivity contribution in [3.63, 3.8) is 0 Å². The molecule has 4 amide bonds. The van der Waals surface area contributed by atoms with Crippen LogP contribution in [-0.2, 0) is 36.8 Å². The molecule has 3 aromatic rings. The number of carboxylic acids is 1. The molecule has 0 spiro atoms. The molecule has 0 radical (unpaired) electrons. The molecule has 2 aromatic carbocycles. The number of nitrogens with one attached hydrogen (secondary N) is 4. The number of hydrogen-bond acceptors (Lipinski definition) is 8. The highest BCUT2D eigenvalue weighted by atomic mass is 32.1. The molecule has 0 aliphatic heterocycles. The van der Waals surface area contributed by atoms with Gasteiger partial charge in [0, 0.05) is 35.7 Å². The van der Waals surface area contributed by atoms with Crippen LogP contribution in [0, 0.1) is 0 Å². The van der Waals surface area contributed by atoms with E-state index in [4.69, 9.17) is 11.5 Å². The zero-order chi connectivity index (χ0) is 30.8. The first-order valence-corrected chi connectivity index (χ1v) is 13.7. The number of carboxylic acid groups (broad SMARTS) is 1. The minimum atomic E-state index is -1.34. The van der Waals surface area contributed by atoms with Crippen LogP contribution in [0.25, 0.3) is 10.9 Å². The maximum Gasteiger partial charge on any atom is 0.326 e. The molecule has 0 bridgehead atoms. The van der Waals surface area contributed by atoms with Crippen molar-refractivity contribution in [1.29, 1.82) is 0 Å². The Morgan fingerprint density at radius 3 is 2.12 bits per heavy atom. The van der Waals surface area contributed by atoms with E-state index in [1.165, 1.54) is 12.1 Å². The van der Waals surface area contributed by atoms with Gasteiger partial charge in [0.25, 0.3) is 0 Å². The molecule has 3 rings (SSSR count). The van der Waals surface area contributed by atoms with Crippen LogP contribution in [0.2, 0.25) is 0 Å². The topological polar surface area (TPSA) is 230 Å². The van der Waals surface area contributed by atoms with E-state index in [0.717, 1.165) is 10.9 Å². The van der Waals surface area contributed by atoms with Gasteiger partial charge < -0.3 is 42.6 Å². The molecule has 224 valence electrons. The Kier molecular flexibility index (Phi) is 11.3. The molecule has 13 nitrogen and oxygen atoms in total. The molecule has 10 N–H and O–H groups in total. The van der Waals surface area contributed by atoms with Crippen molar-refractivity contribution in [3.8, 4) is 5.75 Å². The number of carbonyl (C=O) groups excluding carboxylic acids is 4. The van der Waals surface area contributed by atoms with Gasteiger partial charge in [-0.25, -0.2) is 4.79 Å². The lowest BCUT2D eigenvalue weighted by Crippen LogP contribution is -2.58. The molecule has 0 aliphatic carbocycles. The maximum atomic E-state index is 13.2. The van der Waals surface area contributed by atoms with Gasteiger partial charge in [-0.05, 0) is 42.2 Å². The molecule has 1 heterocycles. The summed E-state index contributed by atoms with van der Waals surface area (Å²) in [6, 6.07) is 8.51. The van der Waals surface area contributed by atoms with Gasteiger partial charge in [0.05, 0.1) is 6.04 Å². The van der Waals surface area contributed by atoms with Crippen molar-refractivity contribution in [2.75, 3.05) is 5.75 Å². The summed E-state index contributed by atoms with van der Waals surface area (Å²) in [5.74, 6) is -4.39. The molecular weight excluding hydrogens is 564 g/mol. The number of rotatable bonds is 15. The quantitative estimate of drug-likeness (QED) is 0.105. The highest BCUT2D eigenvalue weighted by molar-refractivity contribution is 7.80. The van der Waals surface area contributed by atoms with Gasteiger partial charge in [-0.3, -0.25) is 19.2 Å². The van der Waals surface area contributed by atoms with Crippen LogP contribution in [0.15, 0.2) is 54.7 Å². The fraction of sp³-hybridized carbons (Fsp3) is 0.321. The van der Waals surface area contributed by atoms with E-state index in [-0.39, 0.29) is 37.2 Å². The number of carbonyl (C=O) groups is 5. The number of para-hydroxylation sites is 1. The molecule has 4 atom stereocenters. The Labute approximate surface area is 246 Å². The number of thiol groups is 1. The number of aromatic nitrogens is 1. The maximum absolute atomic E-state index is 13.2. The average molecular weight is 599 g/mol. The minimum Gasteiger partial charge on any atom is -0.508 e. The largest absolute Gasteiger partial charge is 0.508 e. The summed E-state index contributed by atoms with van der Waals surface area (Å²) in [6.45, 7) is 0. The number of benzene rings is 2. The van der Waals surface area contributed by atoms with E-state index in [1.807, 2.05) is 18.2 Å². The molecular formula is C28H34N6O7S. The van der Waals surface area contributed by atoms with Crippen molar-refractivity contribution >= 4 is 53.1 Å². The number of nitrogens with two attached hydrogens (primary N) is 2. The first-order valence-electron chi connectivity index (χ1n) is 13.1. The van der Waals surface area contributed by atoms with Crippen molar-refractivity contribution in [2.45, 2.75) is 49.9 Å². The lowest BCUT2D eigenvalue weighted by atomic mass is 10.0. The van der Waals surface area contributed by atoms with Crippen LogP contribution < -0.4 is 27.4 Å². The number of aromatic hydroxyl groups is 1. The molecule has 42 heavy (non-hydrogen) atoms. The number of phenols is 1. The lowest BCUT2D eigenvalue weighted by Gasteiger charge is -2.24. The van der Waals surface area contributed by atoms with Crippen molar-refractivity contribution in [2.24, 2.45) is 11.5 Å². The molecule has 1 aromatic heterocycles. The van der Waals surface area contributed by atoms with Gasteiger partial charge >= 0.3 is 5.97 Å². The number of phenolic OH excluding ortho intramolecular Hbond substituents is 1. The minimum absolute atomic E-state index is 0.0458. The number of fused-ring (bicyclic) bond motifs is 1. The summed E-state index contributed by atoms with van der Waals surface area (Å²) in [5.41, 5.74) is 13.4. The summed E-state index contributed by atoms with van der Waals surface area (Å²) in [4.78, 5) is 65.4. The fourth-order valence-corrected chi connectivity index (χ4v) is 4.53. The predicted molar refractivity (Wildman–Crippen MR) is 157 cm³/mol. The SMILES string of the molecule is NC(=O)CCC(NC(=O)C(CS)NC(=O)C(N)Cc1ccc(O)cc1)C(=O)NC(Cc1c[nH]c2ccccc12)C(=O)O. The highest BCUT2D eigenvalue weighted by Gasteiger charge is 2.30.